The molecule has 2 heterocycles. The Bertz CT molecular complexity index is 560. The molecule has 0 unspecified atom stereocenters. The molecule has 16 heavy (non-hydrogen) atoms. The van der Waals surface area contributed by atoms with Gasteiger partial charge in [0.05, 0.1) is 6.61 Å². The second kappa shape index (κ2) is 3.81. The highest BCUT2D eigenvalue weighted by molar-refractivity contribution is 5.71. The lowest BCUT2D eigenvalue weighted by Crippen LogP contribution is -2.23. The van der Waals surface area contributed by atoms with Crippen LogP contribution in [0.3, 0.4) is 0 Å². The van der Waals surface area contributed by atoms with Crippen molar-refractivity contribution in [2.24, 2.45) is 0 Å². The zero-order valence-corrected chi connectivity index (χ0v) is 8.81. The van der Waals surface area contributed by atoms with Crippen molar-refractivity contribution in [2.45, 2.75) is 6.92 Å². The van der Waals surface area contributed by atoms with E-state index in [4.69, 9.17) is 9.94 Å². The van der Waals surface area contributed by atoms with Crippen molar-refractivity contribution in [3.05, 3.63) is 10.4 Å². The van der Waals surface area contributed by atoms with E-state index in [-0.39, 0.29) is 23.1 Å². The molecule has 2 aromatic heterocycles. The Kier molecular flexibility index (Phi) is 2.49. The van der Waals surface area contributed by atoms with Crippen LogP contribution in [0.25, 0.3) is 11.2 Å². The van der Waals surface area contributed by atoms with Crippen LogP contribution < -0.4 is 10.6 Å². The van der Waals surface area contributed by atoms with Crippen LogP contribution in [0, 0.1) is 0 Å². The third-order valence-corrected chi connectivity index (χ3v) is 1.96. The Labute approximate surface area is 89.9 Å². The highest BCUT2D eigenvalue weighted by Gasteiger charge is 2.11. The van der Waals surface area contributed by atoms with Gasteiger partial charge < -0.3 is 10.1 Å². The minimum atomic E-state index is -0.417. The molecule has 0 bridgehead atoms. The van der Waals surface area contributed by atoms with E-state index in [1.165, 1.54) is 5.06 Å². The first kappa shape index (κ1) is 10.4. The van der Waals surface area contributed by atoms with Crippen LogP contribution >= 0.6 is 0 Å². The smallest absolute Gasteiger partial charge is 0.293 e. The molecule has 0 saturated heterocycles. The van der Waals surface area contributed by atoms with E-state index >= 15 is 0 Å². The van der Waals surface area contributed by atoms with Gasteiger partial charge in [-0.2, -0.15) is 9.97 Å². The van der Waals surface area contributed by atoms with E-state index in [0.29, 0.717) is 6.61 Å². The summed E-state index contributed by atoms with van der Waals surface area (Å²) in [5, 5.41) is 10.4. The molecule has 0 spiro atoms. The molecule has 86 valence electrons. The number of nitrogens with zero attached hydrogens (tertiary/aromatic N) is 3. The van der Waals surface area contributed by atoms with Crippen LogP contribution in [0.15, 0.2) is 4.79 Å². The van der Waals surface area contributed by atoms with E-state index < -0.39 is 5.56 Å². The highest BCUT2D eigenvalue weighted by Crippen LogP contribution is 2.11. The number of rotatable bonds is 3. The van der Waals surface area contributed by atoms with Gasteiger partial charge in [-0.25, -0.2) is 5.06 Å². The van der Waals surface area contributed by atoms with Gasteiger partial charge in [-0.3, -0.25) is 14.6 Å². The minimum Gasteiger partial charge on any atom is -0.480 e. The van der Waals surface area contributed by atoms with Gasteiger partial charge in [0.25, 0.3) is 11.6 Å². The third-order valence-electron chi connectivity index (χ3n) is 1.96. The summed E-state index contributed by atoms with van der Waals surface area (Å²) in [7, 11) is 1.61. The highest BCUT2D eigenvalue weighted by atomic mass is 16.7. The fraction of sp³-hybridized carbons (Fsp3) is 0.375. The molecule has 3 N–H and O–H groups in total. The summed E-state index contributed by atoms with van der Waals surface area (Å²) in [4.78, 5) is 29.3. The van der Waals surface area contributed by atoms with Gasteiger partial charge in [0.1, 0.15) is 0 Å². The third kappa shape index (κ3) is 1.70. The van der Waals surface area contributed by atoms with Crippen LogP contribution in [0.2, 0.25) is 0 Å². The average molecular weight is 225 g/mol. The molecule has 0 aliphatic heterocycles. The van der Waals surface area contributed by atoms with E-state index in [1.807, 2.05) is 6.92 Å². The van der Waals surface area contributed by atoms with Gasteiger partial charge in [-0.05, 0) is 6.92 Å². The maximum atomic E-state index is 11.6. The number of hydroxylamine groups is 1. The number of imidazole rings is 1. The molecule has 0 saturated carbocycles. The summed E-state index contributed by atoms with van der Waals surface area (Å²) in [6.07, 6.45) is 0. The van der Waals surface area contributed by atoms with Crippen molar-refractivity contribution in [1.29, 1.82) is 0 Å². The van der Waals surface area contributed by atoms with Gasteiger partial charge in [-0.15, -0.1) is 0 Å². The Morgan fingerprint density at radius 1 is 1.44 bits per heavy atom. The molecule has 0 atom stereocenters. The van der Waals surface area contributed by atoms with Crippen molar-refractivity contribution in [2.75, 3.05) is 18.7 Å². The molecule has 0 aliphatic rings. The number of nitrogens with one attached hydrogen (secondary N) is 2. The first-order valence-electron chi connectivity index (χ1n) is 4.67. The lowest BCUT2D eigenvalue weighted by Gasteiger charge is -2.14. The van der Waals surface area contributed by atoms with Gasteiger partial charge >= 0.3 is 0 Å². The lowest BCUT2D eigenvalue weighted by atomic mass is 10.5. The summed E-state index contributed by atoms with van der Waals surface area (Å²) < 4.78 is 0. The van der Waals surface area contributed by atoms with E-state index in [9.17, 15) is 4.79 Å². The number of hydrogen-bond acceptors (Lipinski definition) is 6. The summed E-state index contributed by atoms with van der Waals surface area (Å²) in [5.74, 6) is 0.228. The van der Waals surface area contributed by atoms with Crippen LogP contribution in [0.1, 0.15) is 6.92 Å². The largest absolute Gasteiger partial charge is 0.480 e. The van der Waals surface area contributed by atoms with E-state index in [0.717, 1.165) is 0 Å². The van der Waals surface area contributed by atoms with Crippen molar-refractivity contribution in [3.63, 3.8) is 0 Å². The Balaban J connectivity index is 2.53. The van der Waals surface area contributed by atoms with Crippen molar-refractivity contribution < 1.29 is 9.94 Å². The SMILES string of the molecule is CCON(C)c1nc2nc(O)[nH]c2c(=O)[nH]1. The summed E-state index contributed by atoms with van der Waals surface area (Å²) in [6.45, 7) is 2.26. The zero-order chi connectivity index (χ0) is 11.7. The Hall–Kier alpha value is -2.09. The number of fused-ring (bicyclic) bond motifs is 1. The topological polar surface area (TPSA) is 107 Å². The summed E-state index contributed by atoms with van der Waals surface area (Å²) in [6, 6.07) is -0.343. The van der Waals surface area contributed by atoms with Gasteiger partial charge in [-0.1, -0.05) is 0 Å². The molecule has 0 aliphatic carbocycles. The predicted molar refractivity (Wildman–Crippen MR) is 56.2 cm³/mol. The molecular weight excluding hydrogens is 214 g/mol. The molecule has 0 radical (unpaired) electrons. The normalized spacial score (nSPS) is 10.9. The average Bonchev–Trinajstić information content (AvgIpc) is 2.59. The molecule has 0 aromatic carbocycles. The Morgan fingerprint density at radius 3 is 2.88 bits per heavy atom. The van der Waals surface area contributed by atoms with E-state index in [2.05, 4.69) is 19.9 Å². The molecule has 0 amide bonds. The maximum Gasteiger partial charge on any atom is 0.293 e. The predicted octanol–water partition coefficient (Wildman–Crippen LogP) is -0.261. The van der Waals surface area contributed by atoms with Crippen LogP contribution in [0.4, 0.5) is 5.95 Å². The van der Waals surface area contributed by atoms with Crippen molar-refractivity contribution in [1.82, 2.24) is 19.9 Å². The maximum absolute atomic E-state index is 11.6. The second-order valence-electron chi connectivity index (χ2n) is 3.06. The molecule has 2 aromatic rings. The molecule has 0 fully saturated rings. The standard InChI is InChI=1S/C8H11N5O3/c1-3-16-13(2)7-10-5-4(6(14)12-7)9-8(15)11-5/h3H2,1-2H3,(H3,9,10,11,12,14,15). The summed E-state index contributed by atoms with van der Waals surface area (Å²) >= 11 is 0. The fourth-order valence-electron chi connectivity index (χ4n) is 1.29. The van der Waals surface area contributed by atoms with Crippen LogP contribution in [0.5, 0.6) is 6.01 Å². The number of aromatic hydroxyl groups is 1. The Morgan fingerprint density at radius 2 is 2.19 bits per heavy atom. The van der Waals surface area contributed by atoms with Gasteiger partial charge in [0, 0.05) is 7.05 Å². The second-order valence-corrected chi connectivity index (χ2v) is 3.06. The fourth-order valence-corrected chi connectivity index (χ4v) is 1.29. The first-order valence-corrected chi connectivity index (χ1v) is 4.67. The number of H-pyrrole nitrogens is 2. The van der Waals surface area contributed by atoms with Crippen LogP contribution in [-0.4, -0.2) is 38.7 Å². The first-order chi connectivity index (χ1) is 7.61. The quantitative estimate of drug-likeness (QED) is 0.621. The summed E-state index contributed by atoms with van der Waals surface area (Å²) in [5.41, 5.74) is -0.145. The lowest BCUT2D eigenvalue weighted by molar-refractivity contribution is 0.131. The molecular formula is C8H11N5O3. The minimum absolute atomic E-state index is 0.131. The molecule has 8 heteroatoms. The number of anilines is 1. The van der Waals surface area contributed by atoms with Crippen molar-refractivity contribution >= 4 is 17.1 Å². The monoisotopic (exact) mass is 225 g/mol. The van der Waals surface area contributed by atoms with Crippen LogP contribution in [-0.2, 0) is 4.84 Å². The van der Waals surface area contributed by atoms with E-state index in [1.54, 1.807) is 7.05 Å². The van der Waals surface area contributed by atoms with Gasteiger partial charge in [0.15, 0.2) is 11.2 Å². The molecule has 8 nitrogen and oxygen atoms in total. The number of aromatic nitrogens is 4. The van der Waals surface area contributed by atoms with Crippen molar-refractivity contribution in [3.8, 4) is 6.01 Å². The number of hydrogen-bond donors (Lipinski definition) is 3. The number of aromatic amines is 2. The molecule has 2 rings (SSSR count). The zero-order valence-electron chi connectivity index (χ0n) is 8.81. The van der Waals surface area contributed by atoms with Gasteiger partial charge in [0.2, 0.25) is 5.95 Å².